The largest absolute Gasteiger partial charge is 0.410 e. The average Bonchev–Trinajstić information content (AvgIpc) is 2.73. The van der Waals surface area contributed by atoms with Crippen LogP contribution in [0.25, 0.3) is 0 Å². The lowest BCUT2D eigenvalue weighted by Crippen LogP contribution is -2.46. The van der Waals surface area contributed by atoms with Gasteiger partial charge in [0, 0.05) is 11.4 Å². The molecule has 3 aromatic rings. The van der Waals surface area contributed by atoms with Gasteiger partial charge in [0.05, 0.1) is 0 Å². The van der Waals surface area contributed by atoms with Gasteiger partial charge >= 0.3 is 0 Å². The summed E-state index contributed by atoms with van der Waals surface area (Å²) in [6.07, 6.45) is 0. The molecular formula is C30H45N2PSi2. The van der Waals surface area contributed by atoms with Crippen molar-refractivity contribution in [2.24, 2.45) is 0 Å². The number of anilines is 2. The van der Waals surface area contributed by atoms with E-state index in [1.807, 2.05) is 0 Å². The minimum Gasteiger partial charge on any atom is -0.410 e. The molecule has 0 aliphatic rings. The van der Waals surface area contributed by atoms with Gasteiger partial charge in [0.25, 0.3) is 0 Å². The van der Waals surface area contributed by atoms with Crippen molar-refractivity contribution in [2.45, 2.75) is 67.7 Å². The van der Waals surface area contributed by atoms with E-state index in [9.17, 15) is 0 Å². The van der Waals surface area contributed by atoms with Crippen LogP contribution in [0.2, 0.25) is 26.2 Å². The second-order valence-electron chi connectivity index (χ2n) is 11.8. The molecule has 3 aromatic carbocycles. The topological polar surface area (TPSA) is 24.1 Å². The Morgan fingerprint density at radius 3 is 1.26 bits per heavy atom. The van der Waals surface area contributed by atoms with Gasteiger partial charge < -0.3 is 9.96 Å². The first-order valence-corrected chi connectivity index (χ1v) is 20.9. The minimum atomic E-state index is -1.72. The van der Waals surface area contributed by atoms with E-state index in [0.717, 1.165) is 0 Å². The number of hydrogen-bond donors (Lipinski definition) is 2. The summed E-state index contributed by atoms with van der Waals surface area (Å²) in [6, 6.07) is 20.6. The van der Waals surface area contributed by atoms with Crippen LogP contribution >= 0.6 is 7.92 Å². The first-order chi connectivity index (χ1) is 16.3. The number of rotatable bonds is 9. The maximum atomic E-state index is 4.09. The van der Waals surface area contributed by atoms with Crippen molar-refractivity contribution in [3.63, 3.8) is 0 Å². The third kappa shape index (κ3) is 7.55. The van der Waals surface area contributed by atoms with Crippen molar-refractivity contribution in [3.05, 3.63) is 88.0 Å². The maximum Gasteiger partial charge on any atom is 0.151 e. The lowest BCUT2D eigenvalue weighted by molar-refractivity contribution is 1.31. The number of nitrogens with one attached hydrogen (secondary N) is 2. The van der Waals surface area contributed by atoms with Crippen molar-refractivity contribution in [1.82, 2.24) is 0 Å². The first-order valence-electron chi connectivity index (χ1n) is 12.8. The Hall–Kier alpha value is -1.88. The molecule has 0 atom stereocenters. The molecule has 2 N–H and O–H groups in total. The van der Waals surface area contributed by atoms with E-state index in [0.29, 0.717) is 0 Å². The molecule has 0 heterocycles. The van der Waals surface area contributed by atoms with Crippen LogP contribution in [0.4, 0.5) is 11.4 Å². The van der Waals surface area contributed by atoms with Crippen molar-refractivity contribution in [1.29, 1.82) is 0 Å². The predicted molar refractivity (Wildman–Crippen MR) is 166 cm³/mol. The van der Waals surface area contributed by atoms with E-state index in [1.165, 1.54) is 56.3 Å². The zero-order chi connectivity index (χ0) is 26.0. The Morgan fingerprint density at radius 1 is 0.571 bits per heavy atom. The molecule has 0 unspecified atom stereocenters. The average molecular weight is 521 g/mol. The van der Waals surface area contributed by atoms with Gasteiger partial charge in [-0.05, 0) is 80.7 Å². The monoisotopic (exact) mass is 520 g/mol. The van der Waals surface area contributed by atoms with E-state index < -0.39 is 16.5 Å². The number of benzene rings is 3. The Morgan fingerprint density at radius 2 is 0.914 bits per heavy atom. The normalized spacial score (nSPS) is 12.2. The molecule has 0 radical (unpaired) electrons. The van der Waals surface area contributed by atoms with Crippen LogP contribution < -0.4 is 15.3 Å². The summed E-state index contributed by atoms with van der Waals surface area (Å²) in [5, 5.41) is 1.54. The van der Waals surface area contributed by atoms with Gasteiger partial charge in [0.1, 0.15) is 0 Å². The maximum absolute atomic E-state index is 4.09. The molecule has 0 saturated heterocycles. The van der Waals surface area contributed by atoms with Gasteiger partial charge in [-0.15, -0.1) is 0 Å². The molecule has 35 heavy (non-hydrogen) atoms. The molecular weight excluding hydrogens is 475 g/mol. The van der Waals surface area contributed by atoms with Crippen LogP contribution in [-0.2, 0) is 0 Å². The van der Waals surface area contributed by atoms with Crippen molar-refractivity contribution in [2.75, 3.05) is 21.5 Å². The second kappa shape index (κ2) is 11.0. The van der Waals surface area contributed by atoms with Crippen LogP contribution in [0.3, 0.4) is 0 Å². The zero-order valence-electron chi connectivity index (χ0n) is 23.6. The SMILES string of the molecule is Cc1cc(C)c(N[Si](C)(C)CP(C[Si](C)(C)Nc2c(C)cc(C)cc2C)c2ccccc2)c(C)c1. The Kier molecular flexibility index (Phi) is 8.73. The van der Waals surface area contributed by atoms with E-state index >= 15 is 0 Å². The highest BCUT2D eigenvalue weighted by atomic mass is 31.1. The van der Waals surface area contributed by atoms with Crippen molar-refractivity contribution < 1.29 is 0 Å². The van der Waals surface area contributed by atoms with Crippen LogP contribution in [0.15, 0.2) is 54.6 Å². The molecule has 0 aliphatic heterocycles. The fourth-order valence-electron chi connectivity index (χ4n) is 5.34. The van der Waals surface area contributed by atoms with Gasteiger partial charge in [0.15, 0.2) is 16.5 Å². The third-order valence-corrected chi connectivity index (χ3v) is 18.8. The summed E-state index contributed by atoms with van der Waals surface area (Å²) in [4.78, 5) is 8.18. The fraction of sp³-hybridized carbons (Fsp3) is 0.400. The first kappa shape index (κ1) is 27.7. The number of aryl methyl sites for hydroxylation is 6. The lowest BCUT2D eigenvalue weighted by Gasteiger charge is -2.36. The van der Waals surface area contributed by atoms with Crippen LogP contribution in [-0.4, -0.2) is 28.0 Å². The third-order valence-electron chi connectivity index (χ3n) is 6.57. The van der Waals surface area contributed by atoms with E-state index in [-0.39, 0.29) is 7.92 Å². The van der Waals surface area contributed by atoms with Gasteiger partial charge in [-0.2, -0.15) is 0 Å². The zero-order valence-corrected chi connectivity index (χ0v) is 26.5. The fourth-order valence-corrected chi connectivity index (χ4v) is 19.3. The summed E-state index contributed by atoms with van der Waals surface area (Å²) in [5.74, 6) is 2.56. The van der Waals surface area contributed by atoms with Crippen LogP contribution in [0.1, 0.15) is 33.4 Å². The smallest absolute Gasteiger partial charge is 0.151 e. The van der Waals surface area contributed by atoms with Gasteiger partial charge in [0.2, 0.25) is 0 Å². The molecule has 0 aliphatic carbocycles. The molecule has 0 bridgehead atoms. The quantitative estimate of drug-likeness (QED) is 0.219. The predicted octanol–water partition coefficient (Wildman–Crippen LogP) is 8.36. The highest BCUT2D eigenvalue weighted by Crippen LogP contribution is 2.41. The van der Waals surface area contributed by atoms with E-state index in [2.05, 4.69) is 132 Å². The summed E-state index contributed by atoms with van der Waals surface area (Å²) < 4.78 is 0. The molecule has 2 nitrogen and oxygen atoms in total. The molecule has 0 spiro atoms. The molecule has 0 saturated carbocycles. The second-order valence-corrected chi connectivity index (χ2v) is 23.9. The standard InChI is InChI=1S/C30H45N2PSi2/c1-22-16-24(3)29(25(4)17-22)31-34(7,8)20-33(28-14-12-11-13-15-28)21-35(9,10)32-30-26(5)18-23(2)19-27(30)6/h11-19,31-32H,20-21H2,1-10H3. The molecule has 0 amide bonds. The van der Waals surface area contributed by atoms with Crippen LogP contribution in [0, 0.1) is 41.5 Å². The number of hydrogen-bond acceptors (Lipinski definition) is 2. The molecule has 0 fully saturated rings. The van der Waals surface area contributed by atoms with E-state index in [1.54, 1.807) is 5.30 Å². The van der Waals surface area contributed by atoms with Crippen LogP contribution in [0.5, 0.6) is 0 Å². The van der Waals surface area contributed by atoms with Gasteiger partial charge in [-0.1, -0.05) is 99.8 Å². The Labute approximate surface area is 217 Å². The Balaban J connectivity index is 1.87. The summed E-state index contributed by atoms with van der Waals surface area (Å²) in [7, 11) is -3.71. The van der Waals surface area contributed by atoms with E-state index in [4.69, 9.17) is 0 Å². The summed E-state index contributed by atoms with van der Waals surface area (Å²) >= 11 is 0. The highest BCUT2D eigenvalue weighted by Gasteiger charge is 2.33. The molecule has 3 rings (SSSR count). The minimum absolute atomic E-state index is 0.277. The van der Waals surface area contributed by atoms with Crippen molar-refractivity contribution in [3.8, 4) is 0 Å². The molecule has 0 aromatic heterocycles. The molecule has 188 valence electrons. The van der Waals surface area contributed by atoms with Gasteiger partial charge in [-0.25, -0.2) is 0 Å². The molecule has 5 heteroatoms. The lowest BCUT2D eigenvalue weighted by atomic mass is 10.1. The van der Waals surface area contributed by atoms with Gasteiger partial charge in [-0.3, -0.25) is 0 Å². The van der Waals surface area contributed by atoms with Crippen molar-refractivity contribution >= 4 is 41.1 Å². The Bertz CT molecular complexity index is 1050. The summed E-state index contributed by atoms with van der Waals surface area (Å²) in [5.41, 5.74) is 10.9. The summed E-state index contributed by atoms with van der Waals surface area (Å²) in [6.45, 7) is 23.4. The highest BCUT2D eigenvalue weighted by molar-refractivity contribution is 7.70.